The first kappa shape index (κ1) is 25.9. The number of urea groups is 1. The van der Waals surface area contributed by atoms with Gasteiger partial charge in [-0.05, 0) is 12.8 Å². The molecule has 0 aromatic carbocycles. The molecule has 0 saturated heterocycles. The van der Waals surface area contributed by atoms with Crippen molar-refractivity contribution < 1.29 is 9.59 Å². The molecule has 0 radical (unpaired) electrons. The van der Waals surface area contributed by atoms with Crippen molar-refractivity contribution in [2.45, 2.75) is 129 Å². The number of hydrogen-bond acceptors (Lipinski definition) is 2. The molecule has 3 amide bonds. The summed E-state index contributed by atoms with van der Waals surface area (Å²) in [6, 6.07) is -0.352. The van der Waals surface area contributed by atoms with Crippen molar-refractivity contribution in [3.05, 3.63) is 0 Å². The zero-order valence-electron chi connectivity index (χ0n) is 18.3. The topological polar surface area (TPSA) is 58.2 Å². The van der Waals surface area contributed by atoms with Crippen molar-refractivity contribution in [1.29, 1.82) is 0 Å². The summed E-state index contributed by atoms with van der Waals surface area (Å²) in [4.78, 5) is 23.1. The van der Waals surface area contributed by atoms with Crippen LogP contribution in [0.15, 0.2) is 0 Å². The van der Waals surface area contributed by atoms with Gasteiger partial charge in [-0.2, -0.15) is 0 Å². The molecule has 0 aromatic heterocycles. The minimum Gasteiger partial charge on any atom is -0.338 e. The molecule has 0 aliphatic carbocycles. The summed E-state index contributed by atoms with van der Waals surface area (Å²) in [7, 11) is 0. The first-order valence-electron chi connectivity index (χ1n) is 11.8. The summed E-state index contributed by atoms with van der Waals surface area (Å²) in [6.45, 7) is 4.98. The van der Waals surface area contributed by atoms with Gasteiger partial charge in [-0.1, -0.05) is 110 Å². The van der Waals surface area contributed by atoms with Gasteiger partial charge in [-0.25, -0.2) is 4.79 Å². The molecule has 0 spiro atoms. The largest absolute Gasteiger partial charge is 0.338 e. The van der Waals surface area contributed by atoms with Gasteiger partial charge in [-0.15, -0.1) is 0 Å². The van der Waals surface area contributed by atoms with Crippen molar-refractivity contribution in [2.24, 2.45) is 0 Å². The van der Waals surface area contributed by atoms with Crippen molar-refractivity contribution in [3.63, 3.8) is 0 Å². The lowest BCUT2D eigenvalue weighted by atomic mass is 10.0. The fourth-order valence-electron chi connectivity index (χ4n) is 3.27. The normalized spacial score (nSPS) is 10.7. The van der Waals surface area contributed by atoms with Gasteiger partial charge < -0.3 is 5.32 Å². The van der Waals surface area contributed by atoms with Crippen LogP contribution in [0.4, 0.5) is 4.79 Å². The first-order chi connectivity index (χ1) is 13.2. The van der Waals surface area contributed by atoms with Gasteiger partial charge in [0.15, 0.2) is 0 Å². The molecular weight excluding hydrogens is 336 g/mol. The summed E-state index contributed by atoms with van der Waals surface area (Å²) in [6.07, 6.45) is 22.2. The lowest BCUT2D eigenvalue weighted by Gasteiger charge is -2.06. The van der Waals surface area contributed by atoms with Gasteiger partial charge in [0, 0.05) is 13.0 Å². The molecule has 4 nitrogen and oxygen atoms in total. The van der Waals surface area contributed by atoms with Gasteiger partial charge in [0.05, 0.1) is 0 Å². The van der Waals surface area contributed by atoms with Gasteiger partial charge in [0.2, 0.25) is 5.91 Å². The van der Waals surface area contributed by atoms with Crippen molar-refractivity contribution >= 4 is 11.9 Å². The van der Waals surface area contributed by atoms with Gasteiger partial charge in [0.1, 0.15) is 0 Å². The van der Waals surface area contributed by atoms with Crippen LogP contribution in [-0.2, 0) is 4.79 Å². The maximum Gasteiger partial charge on any atom is 0.321 e. The fraction of sp³-hybridized carbons (Fsp3) is 0.913. The van der Waals surface area contributed by atoms with Gasteiger partial charge in [0.25, 0.3) is 0 Å². The third-order valence-electron chi connectivity index (χ3n) is 5.08. The molecule has 0 aromatic rings. The highest BCUT2D eigenvalue weighted by atomic mass is 16.2. The highest BCUT2D eigenvalue weighted by Gasteiger charge is 2.06. The Kier molecular flexibility index (Phi) is 20.4. The minimum atomic E-state index is -0.352. The predicted octanol–water partition coefficient (Wildman–Crippen LogP) is 6.87. The van der Waals surface area contributed by atoms with E-state index < -0.39 is 0 Å². The predicted molar refractivity (Wildman–Crippen MR) is 116 cm³/mol. The minimum absolute atomic E-state index is 0.154. The number of amides is 3. The number of nitrogens with one attached hydrogen (secondary N) is 2. The molecule has 0 aliphatic heterocycles. The average Bonchev–Trinajstić information content (AvgIpc) is 2.65. The van der Waals surface area contributed by atoms with Crippen molar-refractivity contribution in [3.8, 4) is 0 Å². The molecule has 27 heavy (non-hydrogen) atoms. The molecule has 160 valence electrons. The quantitative estimate of drug-likeness (QED) is 0.239. The highest BCUT2D eigenvalue weighted by Crippen LogP contribution is 2.13. The second-order valence-electron chi connectivity index (χ2n) is 7.86. The Labute approximate surface area is 168 Å². The van der Waals surface area contributed by atoms with Crippen LogP contribution in [0.2, 0.25) is 0 Å². The molecular formula is C23H46N2O2. The number of unbranched alkanes of at least 4 members (excludes halogenated alkanes) is 15. The number of rotatable bonds is 19. The Bertz CT molecular complexity index is 345. The van der Waals surface area contributed by atoms with E-state index in [1.54, 1.807) is 0 Å². The van der Waals surface area contributed by atoms with E-state index in [1.165, 1.54) is 83.5 Å². The Balaban J connectivity index is 3.22. The molecule has 2 N–H and O–H groups in total. The standard InChI is InChI=1S/C23H46N2O2/c1-3-5-7-8-9-10-11-12-13-14-15-16-17-18-19-20-22(26)25-23(27)24-21-6-4-2/h3-21H2,1-2H3,(H2,24,25,26,27). The lowest BCUT2D eigenvalue weighted by molar-refractivity contribution is -0.120. The smallest absolute Gasteiger partial charge is 0.321 e. The van der Waals surface area contributed by atoms with Crippen molar-refractivity contribution in [2.75, 3.05) is 6.54 Å². The summed E-state index contributed by atoms with van der Waals surface area (Å²) >= 11 is 0. The summed E-state index contributed by atoms with van der Waals surface area (Å²) in [5, 5.41) is 5.10. The molecule has 0 unspecified atom stereocenters. The molecule has 0 rings (SSSR count). The molecule has 0 heterocycles. The second-order valence-corrected chi connectivity index (χ2v) is 7.86. The molecule has 0 atom stereocenters. The maximum atomic E-state index is 11.6. The van der Waals surface area contributed by atoms with E-state index in [2.05, 4.69) is 24.5 Å². The summed E-state index contributed by atoms with van der Waals surface area (Å²) in [5.74, 6) is -0.154. The van der Waals surface area contributed by atoms with Crippen molar-refractivity contribution in [1.82, 2.24) is 10.6 Å². The SMILES string of the molecule is CCCCCCCCCCCCCCCCCC(=O)NC(=O)NCCCC. The first-order valence-corrected chi connectivity index (χ1v) is 11.8. The average molecular weight is 383 g/mol. The van der Waals surface area contributed by atoms with Crippen LogP contribution in [0.3, 0.4) is 0 Å². The number of imide groups is 1. The lowest BCUT2D eigenvalue weighted by Crippen LogP contribution is -2.39. The molecule has 4 heteroatoms. The van der Waals surface area contributed by atoms with Crippen LogP contribution in [0.25, 0.3) is 0 Å². The third kappa shape index (κ3) is 21.1. The Hall–Kier alpha value is -1.06. The van der Waals surface area contributed by atoms with E-state index in [0.717, 1.165) is 25.7 Å². The van der Waals surface area contributed by atoms with Crippen LogP contribution in [0.1, 0.15) is 129 Å². The van der Waals surface area contributed by atoms with Gasteiger partial charge in [-0.3, -0.25) is 10.1 Å². The molecule has 0 fully saturated rings. The summed E-state index contributed by atoms with van der Waals surface area (Å²) < 4.78 is 0. The van der Waals surface area contributed by atoms with Crippen LogP contribution in [-0.4, -0.2) is 18.5 Å². The molecule has 0 saturated carbocycles. The number of carbonyl (C=O) groups excluding carboxylic acids is 2. The zero-order chi connectivity index (χ0) is 20.0. The van der Waals surface area contributed by atoms with E-state index >= 15 is 0 Å². The maximum absolute atomic E-state index is 11.6. The van der Waals surface area contributed by atoms with E-state index in [-0.39, 0.29) is 11.9 Å². The van der Waals surface area contributed by atoms with E-state index in [4.69, 9.17) is 0 Å². The monoisotopic (exact) mass is 382 g/mol. The fourth-order valence-corrected chi connectivity index (χ4v) is 3.27. The number of hydrogen-bond donors (Lipinski definition) is 2. The molecule has 0 aliphatic rings. The third-order valence-corrected chi connectivity index (χ3v) is 5.08. The Morgan fingerprint density at radius 1 is 0.556 bits per heavy atom. The Morgan fingerprint density at radius 3 is 1.41 bits per heavy atom. The number of carbonyl (C=O) groups is 2. The Morgan fingerprint density at radius 2 is 0.963 bits per heavy atom. The van der Waals surface area contributed by atoms with E-state index in [0.29, 0.717) is 13.0 Å². The van der Waals surface area contributed by atoms with E-state index in [1.807, 2.05) is 0 Å². The molecule has 0 bridgehead atoms. The highest BCUT2D eigenvalue weighted by molar-refractivity contribution is 5.94. The van der Waals surface area contributed by atoms with Crippen LogP contribution in [0.5, 0.6) is 0 Å². The van der Waals surface area contributed by atoms with E-state index in [9.17, 15) is 9.59 Å². The summed E-state index contributed by atoms with van der Waals surface area (Å²) in [5.41, 5.74) is 0. The van der Waals surface area contributed by atoms with Crippen LogP contribution in [0, 0.1) is 0 Å². The second kappa shape index (κ2) is 21.2. The zero-order valence-corrected chi connectivity index (χ0v) is 18.3. The van der Waals surface area contributed by atoms with Gasteiger partial charge >= 0.3 is 6.03 Å². The van der Waals surface area contributed by atoms with Crippen LogP contribution < -0.4 is 10.6 Å². The van der Waals surface area contributed by atoms with Crippen LogP contribution >= 0.6 is 0 Å².